The number of benzene rings is 3. The molecule has 0 atom stereocenters. The highest BCUT2D eigenvalue weighted by molar-refractivity contribution is 5.80. The standard InChI is InChI=1S/C23H21N7/c1-17-12-14-18(15-13-17)16-24-30-23-28-21(25-19-8-4-2-5-9-19)27-22(29-23)26-20-10-6-3-7-11-20/h2-16H,1H3,(H3,25,26,27,28,29,30)/b24-16-. The fourth-order valence-corrected chi connectivity index (χ4v) is 2.66. The first-order valence-electron chi connectivity index (χ1n) is 9.50. The molecule has 0 radical (unpaired) electrons. The van der Waals surface area contributed by atoms with Crippen LogP contribution in [-0.4, -0.2) is 21.2 Å². The highest BCUT2D eigenvalue weighted by Gasteiger charge is 2.07. The summed E-state index contributed by atoms with van der Waals surface area (Å²) in [5.74, 6) is 1.13. The second kappa shape index (κ2) is 9.29. The molecule has 7 nitrogen and oxygen atoms in total. The Morgan fingerprint density at radius 1 is 0.633 bits per heavy atom. The fourth-order valence-electron chi connectivity index (χ4n) is 2.66. The van der Waals surface area contributed by atoms with Gasteiger partial charge in [-0.2, -0.15) is 20.1 Å². The van der Waals surface area contributed by atoms with E-state index in [2.05, 4.69) is 36.1 Å². The van der Waals surface area contributed by atoms with E-state index in [1.165, 1.54) is 5.56 Å². The predicted octanol–water partition coefficient (Wildman–Crippen LogP) is 5.11. The third kappa shape index (κ3) is 5.39. The Morgan fingerprint density at radius 3 is 1.67 bits per heavy atom. The van der Waals surface area contributed by atoms with Crippen molar-refractivity contribution in [2.45, 2.75) is 6.92 Å². The van der Waals surface area contributed by atoms with Crippen LogP contribution in [0.4, 0.5) is 29.2 Å². The van der Waals surface area contributed by atoms with Crippen molar-refractivity contribution in [3.05, 3.63) is 96.1 Å². The van der Waals surface area contributed by atoms with Gasteiger partial charge < -0.3 is 10.6 Å². The van der Waals surface area contributed by atoms with Gasteiger partial charge in [-0.15, -0.1) is 0 Å². The first-order chi connectivity index (χ1) is 14.7. The summed E-state index contributed by atoms with van der Waals surface area (Å²) in [6.45, 7) is 2.05. The summed E-state index contributed by atoms with van der Waals surface area (Å²) in [6, 6.07) is 27.5. The van der Waals surface area contributed by atoms with Crippen molar-refractivity contribution in [3.8, 4) is 0 Å². The molecule has 0 amide bonds. The number of anilines is 5. The molecule has 3 aromatic carbocycles. The summed E-state index contributed by atoms with van der Waals surface area (Å²) in [5.41, 5.74) is 6.82. The van der Waals surface area contributed by atoms with Crippen LogP contribution in [-0.2, 0) is 0 Å². The smallest absolute Gasteiger partial charge is 0.250 e. The Morgan fingerprint density at radius 2 is 1.13 bits per heavy atom. The average Bonchev–Trinajstić information content (AvgIpc) is 2.76. The summed E-state index contributed by atoms with van der Waals surface area (Å²) in [7, 11) is 0. The molecule has 0 spiro atoms. The average molecular weight is 395 g/mol. The number of nitrogens with one attached hydrogen (secondary N) is 3. The van der Waals surface area contributed by atoms with E-state index in [0.717, 1.165) is 16.9 Å². The maximum absolute atomic E-state index is 4.46. The normalized spacial score (nSPS) is 10.7. The van der Waals surface area contributed by atoms with E-state index in [1.807, 2.05) is 91.9 Å². The largest absolute Gasteiger partial charge is 0.324 e. The molecular weight excluding hydrogens is 374 g/mol. The van der Waals surface area contributed by atoms with Gasteiger partial charge in [0.1, 0.15) is 0 Å². The molecule has 0 aliphatic carbocycles. The van der Waals surface area contributed by atoms with Crippen LogP contribution in [0.1, 0.15) is 11.1 Å². The molecule has 0 saturated heterocycles. The highest BCUT2D eigenvalue weighted by Crippen LogP contribution is 2.18. The van der Waals surface area contributed by atoms with Crippen molar-refractivity contribution in [2.24, 2.45) is 5.10 Å². The van der Waals surface area contributed by atoms with Crippen molar-refractivity contribution in [2.75, 3.05) is 16.1 Å². The van der Waals surface area contributed by atoms with Gasteiger partial charge >= 0.3 is 0 Å². The van der Waals surface area contributed by atoms with Crippen LogP contribution in [0.2, 0.25) is 0 Å². The highest BCUT2D eigenvalue weighted by atomic mass is 15.4. The van der Waals surface area contributed by atoms with Gasteiger partial charge in [0.05, 0.1) is 6.21 Å². The molecule has 1 heterocycles. The topological polar surface area (TPSA) is 87.1 Å². The van der Waals surface area contributed by atoms with E-state index in [-0.39, 0.29) is 0 Å². The van der Waals surface area contributed by atoms with Crippen molar-refractivity contribution in [3.63, 3.8) is 0 Å². The zero-order valence-electron chi connectivity index (χ0n) is 16.4. The third-order valence-electron chi connectivity index (χ3n) is 4.15. The molecule has 4 aromatic rings. The molecule has 0 aliphatic rings. The lowest BCUT2D eigenvalue weighted by molar-refractivity contribution is 1.04. The van der Waals surface area contributed by atoms with Gasteiger partial charge in [0.25, 0.3) is 0 Å². The van der Waals surface area contributed by atoms with Crippen LogP contribution >= 0.6 is 0 Å². The van der Waals surface area contributed by atoms with Crippen molar-refractivity contribution >= 4 is 35.4 Å². The van der Waals surface area contributed by atoms with E-state index in [0.29, 0.717) is 17.8 Å². The Kier molecular flexibility index (Phi) is 5.91. The second-order valence-electron chi connectivity index (χ2n) is 6.57. The van der Waals surface area contributed by atoms with Crippen LogP contribution < -0.4 is 16.1 Å². The van der Waals surface area contributed by atoms with Crippen LogP contribution in [0.5, 0.6) is 0 Å². The quantitative estimate of drug-likeness (QED) is 0.298. The number of hydrogen-bond donors (Lipinski definition) is 3. The number of nitrogens with zero attached hydrogens (tertiary/aromatic N) is 4. The lowest BCUT2D eigenvalue weighted by atomic mass is 10.2. The third-order valence-corrected chi connectivity index (χ3v) is 4.15. The fraction of sp³-hybridized carbons (Fsp3) is 0.0435. The summed E-state index contributed by atoms with van der Waals surface area (Å²) < 4.78 is 0. The molecule has 1 aromatic heterocycles. The minimum absolute atomic E-state index is 0.324. The Balaban J connectivity index is 1.56. The molecule has 0 fully saturated rings. The molecular formula is C23H21N7. The van der Waals surface area contributed by atoms with Crippen LogP contribution in [0.25, 0.3) is 0 Å². The summed E-state index contributed by atoms with van der Waals surface area (Å²) in [4.78, 5) is 13.3. The Hall–Kier alpha value is -4.26. The molecule has 0 saturated carbocycles. The molecule has 4 rings (SSSR count). The number of aryl methyl sites for hydroxylation is 1. The van der Waals surface area contributed by atoms with Crippen LogP contribution in [0.15, 0.2) is 90.0 Å². The zero-order chi connectivity index (χ0) is 20.6. The van der Waals surface area contributed by atoms with Crippen molar-refractivity contribution in [1.29, 1.82) is 0 Å². The molecule has 7 heteroatoms. The van der Waals surface area contributed by atoms with E-state index < -0.39 is 0 Å². The molecule has 0 bridgehead atoms. The SMILES string of the molecule is Cc1ccc(/C=N\Nc2nc(Nc3ccccc3)nc(Nc3ccccc3)n2)cc1. The molecule has 0 aliphatic heterocycles. The first kappa shape index (κ1) is 19.1. The molecule has 3 N–H and O–H groups in total. The first-order valence-corrected chi connectivity index (χ1v) is 9.50. The molecule has 0 unspecified atom stereocenters. The number of hydrogen-bond acceptors (Lipinski definition) is 7. The van der Waals surface area contributed by atoms with Gasteiger partial charge in [-0.05, 0) is 36.8 Å². The maximum atomic E-state index is 4.46. The summed E-state index contributed by atoms with van der Waals surface area (Å²) >= 11 is 0. The van der Waals surface area contributed by atoms with Gasteiger partial charge in [0.2, 0.25) is 17.8 Å². The van der Waals surface area contributed by atoms with Gasteiger partial charge in [-0.1, -0.05) is 66.2 Å². The van der Waals surface area contributed by atoms with Crippen molar-refractivity contribution < 1.29 is 0 Å². The monoisotopic (exact) mass is 395 g/mol. The van der Waals surface area contributed by atoms with E-state index in [1.54, 1.807) is 6.21 Å². The number of hydrazone groups is 1. The van der Waals surface area contributed by atoms with Crippen LogP contribution in [0, 0.1) is 6.92 Å². The molecule has 30 heavy (non-hydrogen) atoms. The lowest BCUT2D eigenvalue weighted by Gasteiger charge is -2.10. The zero-order valence-corrected chi connectivity index (χ0v) is 16.4. The number of rotatable bonds is 7. The van der Waals surface area contributed by atoms with E-state index in [4.69, 9.17) is 0 Å². The van der Waals surface area contributed by atoms with Gasteiger partial charge in [-0.3, -0.25) is 0 Å². The number of para-hydroxylation sites is 2. The minimum atomic E-state index is 0.324. The Bertz CT molecular complexity index is 1050. The van der Waals surface area contributed by atoms with Gasteiger partial charge in [0, 0.05) is 11.4 Å². The van der Waals surface area contributed by atoms with Gasteiger partial charge in [-0.25, -0.2) is 5.43 Å². The minimum Gasteiger partial charge on any atom is -0.324 e. The summed E-state index contributed by atoms with van der Waals surface area (Å²) in [6.07, 6.45) is 1.72. The maximum Gasteiger partial charge on any atom is 0.250 e. The van der Waals surface area contributed by atoms with Crippen molar-refractivity contribution in [1.82, 2.24) is 15.0 Å². The predicted molar refractivity (Wildman–Crippen MR) is 122 cm³/mol. The lowest BCUT2D eigenvalue weighted by Crippen LogP contribution is -2.07. The Labute approximate surface area is 175 Å². The van der Waals surface area contributed by atoms with E-state index in [9.17, 15) is 0 Å². The summed E-state index contributed by atoms with van der Waals surface area (Å²) in [5, 5.41) is 10.6. The van der Waals surface area contributed by atoms with E-state index >= 15 is 0 Å². The second-order valence-corrected chi connectivity index (χ2v) is 6.57. The van der Waals surface area contributed by atoms with Crippen LogP contribution in [0.3, 0.4) is 0 Å². The molecule has 148 valence electrons. The number of aromatic nitrogens is 3. The van der Waals surface area contributed by atoms with Gasteiger partial charge in [0.15, 0.2) is 0 Å².